The van der Waals surface area contributed by atoms with Gasteiger partial charge in [-0.15, -0.1) is 0 Å². The van der Waals surface area contributed by atoms with Gasteiger partial charge in [0.15, 0.2) is 0 Å². The Hall–Kier alpha value is -0.200. The molecular formula is C11H26N2O3. The Kier molecular flexibility index (Phi) is 12.7. The average molecular weight is 234 g/mol. The van der Waals surface area contributed by atoms with Crippen molar-refractivity contribution in [3.63, 3.8) is 0 Å². The van der Waals surface area contributed by atoms with E-state index < -0.39 is 0 Å². The molecule has 0 heterocycles. The zero-order chi connectivity index (χ0) is 12.1. The van der Waals surface area contributed by atoms with Crippen LogP contribution in [-0.2, 0) is 14.2 Å². The Morgan fingerprint density at radius 2 is 1.31 bits per heavy atom. The van der Waals surface area contributed by atoms with Crippen molar-refractivity contribution in [2.24, 2.45) is 0 Å². The number of ether oxygens (including phenoxy) is 3. The van der Waals surface area contributed by atoms with Crippen LogP contribution in [0.15, 0.2) is 0 Å². The van der Waals surface area contributed by atoms with E-state index in [1.54, 1.807) is 0 Å². The fourth-order valence-electron chi connectivity index (χ4n) is 0.963. The van der Waals surface area contributed by atoms with E-state index in [1.807, 2.05) is 21.1 Å². The van der Waals surface area contributed by atoms with Crippen LogP contribution in [0.1, 0.15) is 0 Å². The summed E-state index contributed by atoms with van der Waals surface area (Å²) in [4.78, 5) is 2.09. The molecule has 0 spiro atoms. The molecule has 0 aliphatic heterocycles. The normalized spacial score (nSPS) is 11.2. The van der Waals surface area contributed by atoms with Gasteiger partial charge >= 0.3 is 0 Å². The van der Waals surface area contributed by atoms with Crippen LogP contribution in [0.25, 0.3) is 0 Å². The molecule has 0 saturated heterocycles. The first-order valence-electron chi connectivity index (χ1n) is 5.80. The maximum absolute atomic E-state index is 5.37. The quantitative estimate of drug-likeness (QED) is 0.474. The van der Waals surface area contributed by atoms with E-state index in [-0.39, 0.29) is 0 Å². The number of rotatable bonds is 12. The van der Waals surface area contributed by atoms with Crippen LogP contribution in [0.5, 0.6) is 0 Å². The van der Waals surface area contributed by atoms with Crippen LogP contribution in [-0.4, -0.2) is 78.8 Å². The van der Waals surface area contributed by atoms with Crippen LogP contribution in [0.2, 0.25) is 0 Å². The highest BCUT2D eigenvalue weighted by Gasteiger charge is 1.92. The average Bonchev–Trinajstić information content (AvgIpc) is 2.25. The minimum absolute atomic E-state index is 0.640. The molecular weight excluding hydrogens is 208 g/mol. The van der Waals surface area contributed by atoms with E-state index in [0.717, 1.165) is 26.3 Å². The molecule has 0 aliphatic carbocycles. The summed E-state index contributed by atoms with van der Waals surface area (Å²) in [7, 11) is 5.97. The van der Waals surface area contributed by atoms with Crippen molar-refractivity contribution in [3.05, 3.63) is 0 Å². The second-order valence-corrected chi connectivity index (χ2v) is 3.74. The number of likely N-dealkylation sites (N-methyl/N-ethyl adjacent to an activating group) is 2. The predicted molar refractivity (Wildman–Crippen MR) is 64.9 cm³/mol. The summed E-state index contributed by atoms with van der Waals surface area (Å²) in [6, 6.07) is 0. The summed E-state index contributed by atoms with van der Waals surface area (Å²) in [5.74, 6) is 0. The molecule has 0 aromatic rings. The molecule has 0 saturated carbocycles. The fourth-order valence-corrected chi connectivity index (χ4v) is 0.963. The molecule has 5 heteroatoms. The lowest BCUT2D eigenvalue weighted by atomic mass is 10.6. The Labute approximate surface area is 99.0 Å². The smallest absolute Gasteiger partial charge is 0.0701 e. The second kappa shape index (κ2) is 12.9. The van der Waals surface area contributed by atoms with Crippen molar-refractivity contribution in [1.29, 1.82) is 0 Å². The lowest BCUT2D eigenvalue weighted by molar-refractivity contribution is 0.0131. The highest BCUT2D eigenvalue weighted by molar-refractivity contribution is 4.40. The van der Waals surface area contributed by atoms with Gasteiger partial charge in [0.05, 0.1) is 39.6 Å². The molecule has 16 heavy (non-hydrogen) atoms. The third-order valence-electron chi connectivity index (χ3n) is 1.92. The van der Waals surface area contributed by atoms with Crippen LogP contribution < -0.4 is 5.32 Å². The Morgan fingerprint density at radius 1 is 0.812 bits per heavy atom. The molecule has 0 atom stereocenters. The first kappa shape index (κ1) is 15.8. The van der Waals surface area contributed by atoms with E-state index in [1.165, 1.54) is 0 Å². The first-order chi connectivity index (χ1) is 7.77. The monoisotopic (exact) mass is 234 g/mol. The Balaban J connectivity index is 2.88. The highest BCUT2D eigenvalue weighted by atomic mass is 16.5. The topological polar surface area (TPSA) is 43.0 Å². The lowest BCUT2D eigenvalue weighted by Crippen LogP contribution is -2.19. The molecule has 5 nitrogen and oxygen atoms in total. The number of hydrogen-bond acceptors (Lipinski definition) is 5. The lowest BCUT2D eigenvalue weighted by Gasteiger charge is -2.10. The van der Waals surface area contributed by atoms with Crippen LogP contribution in [0.4, 0.5) is 0 Å². The Bertz CT molecular complexity index is 134. The number of nitrogens with one attached hydrogen (secondary N) is 1. The molecule has 0 unspecified atom stereocenters. The third kappa shape index (κ3) is 13.8. The van der Waals surface area contributed by atoms with E-state index in [4.69, 9.17) is 14.2 Å². The van der Waals surface area contributed by atoms with Gasteiger partial charge in [-0.2, -0.15) is 0 Å². The Morgan fingerprint density at radius 3 is 1.81 bits per heavy atom. The van der Waals surface area contributed by atoms with Crippen LogP contribution >= 0.6 is 0 Å². The van der Waals surface area contributed by atoms with Gasteiger partial charge in [-0.05, 0) is 21.1 Å². The summed E-state index contributed by atoms with van der Waals surface area (Å²) >= 11 is 0. The van der Waals surface area contributed by atoms with Crippen molar-refractivity contribution < 1.29 is 14.2 Å². The maximum atomic E-state index is 5.37. The minimum atomic E-state index is 0.640. The van der Waals surface area contributed by atoms with Gasteiger partial charge in [0.25, 0.3) is 0 Å². The molecule has 1 N–H and O–H groups in total. The maximum Gasteiger partial charge on any atom is 0.0701 e. The standard InChI is InChI=1S/C11H26N2O3/c1-12-4-6-14-8-10-16-11-9-15-7-5-13(2)3/h12H,4-11H2,1-3H3. The van der Waals surface area contributed by atoms with Gasteiger partial charge < -0.3 is 24.4 Å². The van der Waals surface area contributed by atoms with Crippen molar-refractivity contribution in [1.82, 2.24) is 10.2 Å². The molecule has 0 fully saturated rings. The number of nitrogens with zero attached hydrogens (tertiary/aromatic N) is 1. The first-order valence-corrected chi connectivity index (χ1v) is 5.80. The summed E-state index contributed by atoms with van der Waals surface area (Å²) in [5, 5.41) is 3.01. The summed E-state index contributed by atoms with van der Waals surface area (Å²) in [5.41, 5.74) is 0. The summed E-state index contributed by atoms with van der Waals surface area (Å²) in [6.07, 6.45) is 0. The zero-order valence-electron chi connectivity index (χ0n) is 10.8. The third-order valence-corrected chi connectivity index (χ3v) is 1.92. The predicted octanol–water partition coefficient (Wildman–Crippen LogP) is -0.183. The van der Waals surface area contributed by atoms with Crippen molar-refractivity contribution in [3.8, 4) is 0 Å². The van der Waals surface area contributed by atoms with Gasteiger partial charge in [-0.25, -0.2) is 0 Å². The van der Waals surface area contributed by atoms with Crippen molar-refractivity contribution in [2.45, 2.75) is 0 Å². The molecule has 0 aromatic carbocycles. The number of hydrogen-bond donors (Lipinski definition) is 1. The van der Waals surface area contributed by atoms with E-state index in [0.29, 0.717) is 26.4 Å². The van der Waals surface area contributed by atoms with E-state index >= 15 is 0 Å². The largest absolute Gasteiger partial charge is 0.378 e. The molecule has 0 radical (unpaired) electrons. The zero-order valence-corrected chi connectivity index (χ0v) is 10.8. The molecule has 98 valence electrons. The van der Waals surface area contributed by atoms with Crippen LogP contribution in [0, 0.1) is 0 Å². The van der Waals surface area contributed by atoms with Gasteiger partial charge in [0.1, 0.15) is 0 Å². The second-order valence-electron chi connectivity index (χ2n) is 3.74. The summed E-state index contributed by atoms with van der Waals surface area (Å²) < 4.78 is 16.0. The van der Waals surface area contributed by atoms with Gasteiger partial charge in [0, 0.05) is 13.1 Å². The van der Waals surface area contributed by atoms with Gasteiger partial charge in [-0.3, -0.25) is 0 Å². The minimum Gasteiger partial charge on any atom is -0.378 e. The van der Waals surface area contributed by atoms with Crippen LogP contribution in [0.3, 0.4) is 0 Å². The SMILES string of the molecule is CNCCOCCOCCOCCN(C)C. The molecule has 0 bridgehead atoms. The van der Waals surface area contributed by atoms with E-state index in [9.17, 15) is 0 Å². The highest BCUT2D eigenvalue weighted by Crippen LogP contribution is 1.82. The molecule has 0 rings (SSSR count). The molecule has 0 aromatic heterocycles. The fraction of sp³-hybridized carbons (Fsp3) is 1.00. The van der Waals surface area contributed by atoms with Gasteiger partial charge in [-0.1, -0.05) is 0 Å². The molecule has 0 aliphatic rings. The van der Waals surface area contributed by atoms with Crippen molar-refractivity contribution >= 4 is 0 Å². The van der Waals surface area contributed by atoms with E-state index in [2.05, 4.69) is 10.2 Å². The summed E-state index contributed by atoms with van der Waals surface area (Å²) in [6.45, 7) is 5.92. The molecule has 0 amide bonds. The van der Waals surface area contributed by atoms with Crippen molar-refractivity contribution in [2.75, 3.05) is 73.9 Å². The van der Waals surface area contributed by atoms with Gasteiger partial charge in [0.2, 0.25) is 0 Å².